The maximum Gasteiger partial charge on any atom is 0.325 e. The highest BCUT2D eigenvalue weighted by molar-refractivity contribution is 7.15. The Balaban J connectivity index is 1.55. The van der Waals surface area contributed by atoms with E-state index in [1.807, 2.05) is 42.5 Å². The molecule has 0 atom stereocenters. The molecule has 8 heteroatoms. The fourth-order valence-electron chi connectivity index (χ4n) is 2.02. The summed E-state index contributed by atoms with van der Waals surface area (Å²) in [5, 5.41) is 14.3. The first-order chi connectivity index (χ1) is 12.2. The number of urea groups is 1. The Morgan fingerprint density at radius 3 is 2.60 bits per heavy atom. The van der Waals surface area contributed by atoms with Gasteiger partial charge in [-0.2, -0.15) is 0 Å². The van der Waals surface area contributed by atoms with E-state index in [0.29, 0.717) is 21.6 Å². The fourth-order valence-corrected chi connectivity index (χ4v) is 2.67. The lowest BCUT2D eigenvalue weighted by Gasteiger charge is -2.09. The molecule has 2 amide bonds. The molecule has 0 saturated heterocycles. The zero-order valence-corrected chi connectivity index (χ0v) is 14.2. The molecule has 1 heterocycles. The van der Waals surface area contributed by atoms with Crippen LogP contribution in [0.5, 0.6) is 11.5 Å². The number of nitrogens with zero attached hydrogens (tertiary/aromatic N) is 2. The average Bonchev–Trinajstić information content (AvgIpc) is 3.08. The molecule has 7 nitrogen and oxygen atoms in total. The zero-order chi connectivity index (χ0) is 17.5. The van der Waals surface area contributed by atoms with E-state index in [9.17, 15) is 4.79 Å². The van der Waals surface area contributed by atoms with Gasteiger partial charge in [0.25, 0.3) is 0 Å². The van der Waals surface area contributed by atoms with Crippen molar-refractivity contribution in [2.45, 2.75) is 6.61 Å². The van der Waals surface area contributed by atoms with Gasteiger partial charge in [0.2, 0.25) is 5.13 Å². The maximum absolute atomic E-state index is 12.1. The minimum absolute atomic E-state index is 0.289. The summed E-state index contributed by atoms with van der Waals surface area (Å²) >= 11 is 1.25. The number of nitrogens with one attached hydrogen (secondary N) is 2. The third-order valence-electron chi connectivity index (χ3n) is 3.15. The van der Waals surface area contributed by atoms with Crippen molar-refractivity contribution in [2.75, 3.05) is 17.7 Å². The summed E-state index contributed by atoms with van der Waals surface area (Å²) in [6.45, 7) is 0.289. The fraction of sp³-hybridized carbons (Fsp3) is 0.118. The number of carbonyl (C=O) groups is 1. The van der Waals surface area contributed by atoms with Crippen molar-refractivity contribution in [2.24, 2.45) is 0 Å². The van der Waals surface area contributed by atoms with Crippen molar-refractivity contribution < 1.29 is 14.3 Å². The highest BCUT2D eigenvalue weighted by Crippen LogP contribution is 2.23. The van der Waals surface area contributed by atoms with Crippen molar-refractivity contribution >= 4 is 28.2 Å². The molecule has 0 spiro atoms. The summed E-state index contributed by atoms with van der Waals surface area (Å²) in [6.07, 6.45) is 0. The molecule has 0 radical (unpaired) electrons. The summed E-state index contributed by atoms with van der Waals surface area (Å²) in [7, 11) is 1.54. The SMILES string of the molecule is COc1ccccc1NC(=O)Nc1nnc(COc2ccccc2)s1. The van der Waals surface area contributed by atoms with Crippen LogP contribution < -0.4 is 20.1 Å². The number of anilines is 2. The van der Waals surface area contributed by atoms with Crippen LogP contribution in [0.2, 0.25) is 0 Å². The number of methoxy groups -OCH3 is 1. The largest absolute Gasteiger partial charge is 0.495 e. The average molecular weight is 356 g/mol. The van der Waals surface area contributed by atoms with Gasteiger partial charge in [-0.1, -0.05) is 41.7 Å². The van der Waals surface area contributed by atoms with E-state index >= 15 is 0 Å². The summed E-state index contributed by atoms with van der Waals surface area (Å²) in [5.74, 6) is 1.33. The van der Waals surface area contributed by atoms with Crippen LogP contribution in [0.3, 0.4) is 0 Å². The number of benzene rings is 2. The molecule has 25 heavy (non-hydrogen) atoms. The smallest absolute Gasteiger partial charge is 0.325 e. The molecule has 0 bridgehead atoms. The second-order valence-electron chi connectivity index (χ2n) is 4.88. The molecule has 0 saturated carbocycles. The Kier molecular flexibility index (Phi) is 5.43. The molecule has 1 aromatic heterocycles. The van der Waals surface area contributed by atoms with E-state index in [0.717, 1.165) is 5.75 Å². The van der Waals surface area contributed by atoms with Gasteiger partial charge in [-0.3, -0.25) is 5.32 Å². The van der Waals surface area contributed by atoms with Crippen molar-refractivity contribution in [3.63, 3.8) is 0 Å². The van der Waals surface area contributed by atoms with Gasteiger partial charge in [0.1, 0.15) is 18.1 Å². The number of hydrogen-bond donors (Lipinski definition) is 2. The molecule has 0 aliphatic heterocycles. The summed E-state index contributed by atoms with van der Waals surface area (Å²) in [6, 6.07) is 16.2. The molecule has 3 rings (SSSR count). The second kappa shape index (κ2) is 8.11. The predicted molar refractivity (Wildman–Crippen MR) is 96.3 cm³/mol. The Hall–Kier alpha value is -3.13. The normalized spacial score (nSPS) is 10.1. The van der Waals surface area contributed by atoms with Gasteiger partial charge in [0, 0.05) is 0 Å². The van der Waals surface area contributed by atoms with E-state index in [1.54, 1.807) is 19.2 Å². The molecule has 0 aliphatic rings. The van der Waals surface area contributed by atoms with Gasteiger partial charge in [0.15, 0.2) is 5.01 Å². The van der Waals surface area contributed by atoms with Gasteiger partial charge >= 0.3 is 6.03 Å². The summed E-state index contributed by atoms with van der Waals surface area (Å²) in [4.78, 5) is 12.1. The highest BCUT2D eigenvalue weighted by Gasteiger charge is 2.10. The number of ether oxygens (including phenoxy) is 2. The highest BCUT2D eigenvalue weighted by atomic mass is 32.1. The van der Waals surface area contributed by atoms with E-state index in [-0.39, 0.29) is 6.61 Å². The number of rotatable bonds is 6. The zero-order valence-electron chi connectivity index (χ0n) is 13.4. The molecule has 0 aliphatic carbocycles. The van der Waals surface area contributed by atoms with Gasteiger partial charge in [-0.15, -0.1) is 10.2 Å². The van der Waals surface area contributed by atoms with Gasteiger partial charge < -0.3 is 14.8 Å². The first-order valence-electron chi connectivity index (χ1n) is 7.46. The topological polar surface area (TPSA) is 85.4 Å². The number of amides is 2. The molecule has 2 N–H and O–H groups in total. The third kappa shape index (κ3) is 4.67. The number of carbonyl (C=O) groups excluding carboxylic acids is 1. The number of para-hydroxylation sites is 3. The molecular formula is C17H16N4O3S. The van der Waals surface area contributed by atoms with Crippen molar-refractivity contribution in [1.29, 1.82) is 0 Å². The number of aromatic nitrogens is 2. The number of hydrogen-bond acceptors (Lipinski definition) is 6. The Morgan fingerprint density at radius 2 is 1.80 bits per heavy atom. The second-order valence-corrected chi connectivity index (χ2v) is 5.94. The van der Waals surface area contributed by atoms with Crippen LogP contribution in [-0.4, -0.2) is 23.3 Å². The summed E-state index contributed by atoms with van der Waals surface area (Å²) < 4.78 is 10.8. The van der Waals surface area contributed by atoms with Gasteiger partial charge in [-0.05, 0) is 24.3 Å². The minimum atomic E-state index is -0.420. The minimum Gasteiger partial charge on any atom is -0.495 e. The molecule has 128 valence electrons. The van der Waals surface area contributed by atoms with Crippen LogP contribution in [0.15, 0.2) is 54.6 Å². The lowest BCUT2D eigenvalue weighted by molar-refractivity contribution is 0.262. The lowest BCUT2D eigenvalue weighted by atomic mass is 10.3. The van der Waals surface area contributed by atoms with Crippen LogP contribution in [0, 0.1) is 0 Å². The van der Waals surface area contributed by atoms with Gasteiger partial charge in [-0.25, -0.2) is 4.79 Å². The van der Waals surface area contributed by atoms with Crippen LogP contribution >= 0.6 is 11.3 Å². The van der Waals surface area contributed by atoms with Crippen molar-refractivity contribution in [3.05, 3.63) is 59.6 Å². The van der Waals surface area contributed by atoms with Crippen molar-refractivity contribution in [1.82, 2.24) is 10.2 Å². The molecule has 0 unspecified atom stereocenters. The van der Waals surface area contributed by atoms with Crippen LogP contribution in [0.25, 0.3) is 0 Å². The molecular weight excluding hydrogens is 340 g/mol. The lowest BCUT2D eigenvalue weighted by Crippen LogP contribution is -2.19. The van der Waals surface area contributed by atoms with Crippen molar-refractivity contribution in [3.8, 4) is 11.5 Å². The van der Waals surface area contributed by atoms with E-state index in [2.05, 4.69) is 20.8 Å². The van der Waals surface area contributed by atoms with Crippen LogP contribution in [0.1, 0.15) is 5.01 Å². The Morgan fingerprint density at radius 1 is 1.04 bits per heavy atom. The molecule has 3 aromatic rings. The standard InChI is InChI=1S/C17H16N4O3S/c1-23-14-10-6-5-9-13(14)18-16(22)19-17-21-20-15(25-17)11-24-12-7-3-2-4-8-12/h2-10H,11H2,1H3,(H2,18,19,21,22). The van der Waals surface area contributed by atoms with Crippen LogP contribution in [-0.2, 0) is 6.61 Å². The van der Waals surface area contributed by atoms with E-state index in [1.165, 1.54) is 11.3 Å². The quantitative estimate of drug-likeness (QED) is 0.702. The van der Waals surface area contributed by atoms with E-state index < -0.39 is 6.03 Å². The first-order valence-corrected chi connectivity index (χ1v) is 8.27. The summed E-state index contributed by atoms with van der Waals surface area (Å²) in [5.41, 5.74) is 0.569. The third-order valence-corrected chi connectivity index (χ3v) is 3.96. The predicted octanol–water partition coefficient (Wildman–Crippen LogP) is 3.77. The Labute approximate surface area is 148 Å². The molecule has 0 fully saturated rings. The van der Waals surface area contributed by atoms with Crippen LogP contribution in [0.4, 0.5) is 15.6 Å². The first kappa shape index (κ1) is 16.7. The van der Waals surface area contributed by atoms with Gasteiger partial charge in [0.05, 0.1) is 12.8 Å². The monoisotopic (exact) mass is 356 g/mol. The molecule has 2 aromatic carbocycles. The van der Waals surface area contributed by atoms with E-state index in [4.69, 9.17) is 9.47 Å². The maximum atomic E-state index is 12.1. The Bertz CT molecular complexity index is 839.